The highest BCUT2D eigenvalue weighted by Crippen LogP contribution is 2.35. The molecular formula is C20H23NO8S. The van der Waals surface area contributed by atoms with Crippen molar-refractivity contribution in [3.63, 3.8) is 0 Å². The first-order chi connectivity index (χ1) is 14.3. The predicted octanol–water partition coefficient (Wildman–Crippen LogP) is 2.97. The number of esters is 2. The Morgan fingerprint density at radius 2 is 1.50 bits per heavy atom. The number of anilines is 1. The fourth-order valence-electron chi connectivity index (χ4n) is 2.62. The maximum atomic E-state index is 12.5. The van der Waals surface area contributed by atoms with Crippen LogP contribution in [0.3, 0.4) is 0 Å². The van der Waals surface area contributed by atoms with Crippen LogP contribution in [-0.2, 0) is 14.3 Å². The van der Waals surface area contributed by atoms with Gasteiger partial charge >= 0.3 is 11.9 Å². The molecule has 0 spiro atoms. The van der Waals surface area contributed by atoms with Gasteiger partial charge < -0.3 is 29.0 Å². The van der Waals surface area contributed by atoms with E-state index in [0.29, 0.717) is 22.1 Å². The van der Waals surface area contributed by atoms with E-state index in [-0.39, 0.29) is 16.9 Å². The molecule has 0 fully saturated rings. The van der Waals surface area contributed by atoms with Crippen LogP contribution in [0.2, 0.25) is 0 Å². The summed E-state index contributed by atoms with van der Waals surface area (Å²) in [6.07, 6.45) is 0. The number of ether oxygens (including phenoxy) is 5. The normalized spacial score (nSPS) is 10.2. The number of nitrogens with one attached hydrogen (secondary N) is 1. The molecule has 0 aliphatic rings. The standard InChI is InChI=1S/C20H23NO8S/c1-10-11(2)30-18(17(10)20(24)28-6)21-16(22)9-29-19(23)12-7-14(26-4)15(27-5)8-13(12)25-3/h7-8H,9H2,1-6H3,(H,21,22). The number of benzene rings is 1. The summed E-state index contributed by atoms with van der Waals surface area (Å²) in [5.41, 5.74) is 1.07. The highest BCUT2D eigenvalue weighted by atomic mass is 32.1. The van der Waals surface area contributed by atoms with E-state index in [1.165, 1.54) is 51.9 Å². The van der Waals surface area contributed by atoms with Crippen LogP contribution in [0.1, 0.15) is 31.2 Å². The van der Waals surface area contributed by atoms with Gasteiger partial charge in [-0.1, -0.05) is 0 Å². The van der Waals surface area contributed by atoms with Crippen LogP contribution < -0.4 is 19.5 Å². The lowest BCUT2D eigenvalue weighted by molar-refractivity contribution is -0.119. The Bertz CT molecular complexity index is 966. The van der Waals surface area contributed by atoms with E-state index < -0.39 is 24.5 Å². The Hall–Kier alpha value is -3.27. The zero-order chi connectivity index (χ0) is 22.4. The lowest BCUT2D eigenvalue weighted by Crippen LogP contribution is -2.22. The van der Waals surface area contributed by atoms with Gasteiger partial charge in [-0.05, 0) is 19.4 Å². The van der Waals surface area contributed by atoms with E-state index >= 15 is 0 Å². The molecule has 10 heteroatoms. The van der Waals surface area contributed by atoms with Crippen molar-refractivity contribution >= 4 is 34.2 Å². The fourth-order valence-corrected chi connectivity index (χ4v) is 3.69. The van der Waals surface area contributed by atoms with Crippen molar-refractivity contribution in [3.05, 3.63) is 33.7 Å². The molecule has 2 aromatic rings. The van der Waals surface area contributed by atoms with Gasteiger partial charge in [0.2, 0.25) is 0 Å². The van der Waals surface area contributed by atoms with Crippen LogP contribution in [0, 0.1) is 13.8 Å². The van der Waals surface area contributed by atoms with E-state index in [9.17, 15) is 14.4 Å². The van der Waals surface area contributed by atoms with E-state index in [1.807, 2.05) is 6.92 Å². The second-order valence-corrected chi connectivity index (χ2v) is 7.24. The number of hydrogen-bond acceptors (Lipinski definition) is 9. The van der Waals surface area contributed by atoms with Gasteiger partial charge in [-0.15, -0.1) is 11.3 Å². The summed E-state index contributed by atoms with van der Waals surface area (Å²) in [4.78, 5) is 37.6. The highest BCUT2D eigenvalue weighted by Gasteiger charge is 2.23. The summed E-state index contributed by atoms with van der Waals surface area (Å²) in [5, 5.41) is 2.92. The molecule has 9 nitrogen and oxygen atoms in total. The quantitative estimate of drug-likeness (QED) is 0.628. The minimum Gasteiger partial charge on any atom is -0.496 e. The van der Waals surface area contributed by atoms with Gasteiger partial charge in [0.1, 0.15) is 16.3 Å². The zero-order valence-corrected chi connectivity index (χ0v) is 18.4. The molecule has 0 aliphatic heterocycles. The van der Waals surface area contributed by atoms with Crippen LogP contribution in [0.15, 0.2) is 12.1 Å². The second kappa shape index (κ2) is 9.97. The first-order valence-electron chi connectivity index (χ1n) is 8.72. The Morgan fingerprint density at radius 3 is 2.07 bits per heavy atom. The van der Waals surface area contributed by atoms with Crippen molar-refractivity contribution in [2.45, 2.75) is 13.8 Å². The molecule has 0 bridgehead atoms. The van der Waals surface area contributed by atoms with Gasteiger partial charge in [-0.2, -0.15) is 0 Å². The first-order valence-corrected chi connectivity index (χ1v) is 9.54. The Kier molecular flexibility index (Phi) is 7.65. The molecule has 1 N–H and O–H groups in total. The van der Waals surface area contributed by atoms with Gasteiger partial charge in [0.15, 0.2) is 18.1 Å². The number of aryl methyl sites for hydroxylation is 1. The van der Waals surface area contributed by atoms with E-state index in [0.717, 1.165) is 4.88 Å². The van der Waals surface area contributed by atoms with Crippen molar-refractivity contribution in [2.24, 2.45) is 0 Å². The Labute approximate surface area is 177 Å². The van der Waals surface area contributed by atoms with Gasteiger partial charge in [0.25, 0.3) is 5.91 Å². The fraction of sp³-hybridized carbons (Fsp3) is 0.350. The monoisotopic (exact) mass is 437 g/mol. The number of carbonyl (C=O) groups excluding carboxylic acids is 3. The Balaban J connectivity index is 2.13. The summed E-state index contributed by atoms with van der Waals surface area (Å²) in [5.74, 6) is -1.05. The number of carbonyl (C=O) groups is 3. The molecule has 1 aromatic heterocycles. The molecule has 0 aliphatic carbocycles. The third-order valence-corrected chi connectivity index (χ3v) is 5.41. The predicted molar refractivity (Wildman–Crippen MR) is 110 cm³/mol. The molecule has 0 saturated carbocycles. The third-order valence-electron chi connectivity index (χ3n) is 4.29. The minimum atomic E-state index is -0.783. The number of methoxy groups -OCH3 is 4. The van der Waals surface area contributed by atoms with Crippen molar-refractivity contribution < 1.29 is 38.1 Å². The number of thiophene rings is 1. The molecule has 1 aromatic carbocycles. The molecule has 0 saturated heterocycles. The summed E-state index contributed by atoms with van der Waals surface area (Å²) >= 11 is 1.24. The lowest BCUT2D eigenvalue weighted by Gasteiger charge is -2.13. The van der Waals surface area contributed by atoms with Crippen LogP contribution in [0.25, 0.3) is 0 Å². The minimum absolute atomic E-state index is 0.0704. The number of hydrogen-bond donors (Lipinski definition) is 1. The molecule has 2 rings (SSSR count). The summed E-state index contributed by atoms with van der Waals surface area (Å²) in [6.45, 7) is 3.02. The van der Waals surface area contributed by atoms with Crippen molar-refractivity contribution in [2.75, 3.05) is 40.4 Å². The van der Waals surface area contributed by atoms with Crippen LogP contribution in [0.4, 0.5) is 5.00 Å². The third kappa shape index (κ3) is 4.82. The summed E-state index contributed by atoms with van der Waals surface area (Å²) in [6, 6.07) is 2.88. The molecule has 162 valence electrons. The molecule has 0 unspecified atom stereocenters. The lowest BCUT2D eigenvalue weighted by atomic mass is 10.1. The highest BCUT2D eigenvalue weighted by molar-refractivity contribution is 7.16. The summed E-state index contributed by atoms with van der Waals surface area (Å²) in [7, 11) is 5.53. The molecule has 0 radical (unpaired) electrons. The zero-order valence-electron chi connectivity index (χ0n) is 17.5. The second-order valence-electron chi connectivity index (χ2n) is 6.01. The van der Waals surface area contributed by atoms with Crippen LogP contribution in [-0.4, -0.2) is 52.9 Å². The maximum Gasteiger partial charge on any atom is 0.342 e. The maximum absolute atomic E-state index is 12.5. The largest absolute Gasteiger partial charge is 0.496 e. The average Bonchev–Trinajstić information content (AvgIpc) is 3.03. The molecular weight excluding hydrogens is 414 g/mol. The van der Waals surface area contributed by atoms with Crippen LogP contribution in [0.5, 0.6) is 17.2 Å². The van der Waals surface area contributed by atoms with Gasteiger partial charge in [-0.25, -0.2) is 9.59 Å². The molecule has 1 amide bonds. The number of amides is 1. The van der Waals surface area contributed by atoms with Gasteiger partial charge in [0.05, 0.1) is 34.0 Å². The van der Waals surface area contributed by atoms with Gasteiger partial charge in [-0.3, -0.25) is 4.79 Å². The van der Waals surface area contributed by atoms with Gasteiger partial charge in [0, 0.05) is 17.0 Å². The molecule has 30 heavy (non-hydrogen) atoms. The number of rotatable bonds is 8. The first kappa shape index (κ1) is 23.0. The molecule has 0 atom stereocenters. The Morgan fingerprint density at radius 1 is 0.900 bits per heavy atom. The molecule has 1 heterocycles. The van der Waals surface area contributed by atoms with Crippen molar-refractivity contribution in [1.82, 2.24) is 0 Å². The van der Waals surface area contributed by atoms with E-state index in [4.69, 9.17) is 23.7 Å². The van der Waals surface area contributed by atoms with E-state index in [1.54, 1.807) is 6.92 Å². The van der Waals surface area contributed by atoms with Crippen molar-refractivity contribution in [3.8, 4) is 17.2 Å². The van der Waals surface area contributed by atoms with Crippen LogP contribution >= 0.6 is 11.3 Å². The average molecular weight is 437 g/mol. The topological polar surface area (TPSA) is 109 Å². The smallest absolute Gasteiger partial charge is 0.342 e. The summed E-state index contributed by atoms with van der Waals surface area (Å²) < 4.78 is 25.4. The van der Waals surface area contributed by atoms with Crippen molar-refractivity contribution in [1.29, 1.82) is 0 Å². The SMILES string of the molecule is COC(=O)c1c(NC(=O)COC(=O)c2cc(OC)c(OC)cc2OC)sc(C)c1C. The van der Waals surface area contributed by atoms with E-state index in [2.05, 4.69) is 5.32 Å².